The summed E-state index contributed by atoms with van der Waals surface area (Å²) in [6, 6.07) is 7.59. The van der Waals surface area contributed by atoms with Crippen LogP contribution in [0, 0.1) is 11.3 Å². The standard InChI is InChI=1S/C8H5F2NO.H3NO2S/c9-8(10)12-7-4-2-1-3-6(7)5-11;1-4(2)3/h1-4,8H;1H2,(H,2,3)/p-1. The highest BCUT2D eigenvalue weighted by atomic mass is 32.2. The number of alkyl halides is 2. The quantitative estimate of drug-likeness (QED) is 0.787. The highest BCUT2D eigenvalue weighted by molar-refractivity contribution is 7.76. The maximum atomic E-state index is 11.7. The third-order valence-corrected chi connectivity index (χ3v) is 1.22. The van der Waals surface area contributed by atoms with Crippen LogP contribution in [0.15, 0.2) is 24.3 Å². The monoisotopic (exact) mass is 249 g/mol. The summed E-state index contributed by atoms with van der Waals surface area (Å²) in [6.45, 7) is -2.89. The average Bonchev–Trinajstić information content (AvgIpc) is 2.17. The summed E-state index contributed by atoms with van der Waals surface area (Å²) in [5.74, 6) is -0.0880. The first-order chi connectivity index (χ1) is 7.47. The van der Waals surface area contributed by atoms with Crippen LogP contribution in [-0.4, -0.2) is 15.4 Å². The highest BCUT2D eigenvalue weighted by Crippen LogP contribution is 2.18. The van der Waals surface area contributed by atoms with Gasteiger partial charge < -0.3 is 9.29 Å². The normalized spacial score (nSPS) is 11.0. The van der Waals surface area contributed by atoms with E-state index < -0.39 is 17.9 Å². The minimum Gasteiger partial charge on any atom is -0.760 e. The van der Waals surface area contributed by atoms with Crippen LogP contribution in [0.2, 0.25) is 0 Å². The highest BCUT2D eigenvalue weighted by Gasteiger charge is 2.07. The maximum absolute atomic E-state index is 11.7. The summed E-state index contributed by atoms with van der Waals surface area (Å²) >= 11 is -2.36. The van der Waals surface area contributed by atoms with Crippen LogP contribution in [0.4, 0.5) is 8.78 Å². The lowest BCUT2D eigenvalue weighted by Gasteiger charge is -2.04. The predicted octanol–water partition coefficient (Wildman–Crippen LogP) is 0.899. The molecule has 1 atom stereocenters. The number of nitriles is 1. The maximum Gasteiger partial charge on any atom is 0.387 e. The van der Waals surface area contributed by atoms with E-state index in [-0.39, 0.29) is 11.3 Å². The van der Waals surface area contributed by atoms with E-state index in [1.807, 2.05) is 0 Å². The van der Waals surface area contributed by atoms with Crippen LogP contribution in [0.5, 0.6) is 5.75 Å². The Hall–Kier alpha value is -1.56. The molecule has 0 spiro atoms. The van der Waals surface area contributed by atoms with Crippen molar-refractivity contribution in [1.82, 2.24) is 0 Å². The molecule has 2 N–H and O–H groups in total. The fraction of sp³-hybridized carbons (Fsp3) is 0.125. The van der Waals surface area contributed by atoms with Gasteiger partial charge in [-0.25, -0.2) is 0 Å². The first-order valence-electron chi connectivity index (χ1n) is 3.75. The predicted molar refractivity (Wildman–Crippen MR) is 50.9 cm³/mol. The zero-order valence-corrected chi connectivity index (χ0v) is 8.62. The van der Waals surface area contributed by atoms with Gasteiger partial charge in [0.15, 0.2) is 0 Å². The molecular formula is C8H7F2N2O3S-. The second-order valence-electron chi connectivity index (χ2n) is 2.25. The lowest BCUT2D eigenvalue weighted by atomic mass is 10.2. The molecule has 0 fully saturated rings. The van der Waals surface area contributed by atoms with Crippen molar-refractivity contribution in [3.8, 4) is 11.8 Å². The summed E-state index contributed by atoms with van der Waals surface area (Å²) in [5, 5.41) is 12.5. The van der Waals surface area contributed by atoms with E-state index in [0.717, 1.165) is 0 Å². The molecule has 0 radical (unpaired) electrons. The van der Waals surface area contributed by atoms with Crippen LogP contribution in [0.3, 0.4) is 0 Å². The zero-order valence-electron chi connectivity index (χ0n) is 7.80. The Kier molecular flexibility index (Phi) is 6.95. The third kappa shape index (κ3) is 6.83. The Balaban J connectivity index is 0.000000487. The SMILES string of the molecule is N#Cc1ccccc1OC(F)F.NS(=O)[O-]. The van der Waals surface area contributed by atoms with E-state index in [0.29, 0.717) is 0 Å². The van der Waals surface area contributed by atoms with E-state index in [1.54, 1.807) is 12.1 Å². The zero-order chi connectivity index (χ0) is 12.6. The molecule has 0 saturated carbocycles. The van der Waals surface area contributed by atoms with Gasteiger partial charge >= 0.3 is 6.61 Å². The largest absolute Gasteiger partial charge is 0.760 e. The van der Waals surface area contributed by atoms with Crippen molar-refractivity contribution in [2.75, 3.05) is 0 Å². The first-order valence-corrected chi connectivity index (χ1v) is 4.88. The van der Waals surface area contributed by atoms with Crippen molar-refractivity contribution in [3.63, 3.8) is 0 Å². The van der Waals surface area contributed by atoms with Crippen LogP contribution >= 0.6 is 0 Å². The molecule has 0 amide bonds. The van der Waals surface area contributed by atoms with Gasteiger partial charge in [0.2, 0.25) is 0 Å². The van der Waals surface area contributed by atoms with Crippen molar-refractivity contribution in [3.05, 3.63) is 29.8 Å². The molecule has 1 rings (SSSR count). The molecule has 1 aromatic rings. The first kappa shape index (κ1) is 14.4. The van der Waals surface area contributed by atoms with Crippen LogP contribution < -0.4 is 9.88 Å². The Labute approximate surface area is 92.9 Å². The van der Waals surface area contributed by atoms with Gasteiger partial charge in [-0.3, -0.25) is 9.35 Å². The minimum absolute atomic E-state index is 0.0880. The van der Waals surface area contributed by atoms with Gasteiger partial charge in [0.1, 0.15) is 11.8 Å². The summed E-state index contributed by atoms with van der Waals surface area (Å²) in [4.78, 5) is 0. The molecular weight excluding hydrogens is 242 g/mol. The van der Waals surface area contributed by atoms with Crippen LogP contribution in [-0.2, 0) is 11.3 Å². The minimum atomic E-state index is -2.89. The van der Waals surface area contributed by atoms with Crippen LogP contribution in [0.25, 0.3) is 0 Å². The average molecular weight is 249 g/mol. The molecule has 0 heterocycles. The van der Waals surface area contributed by atoms with Gasteiger partial charge in [0.05, 0.1) is 5.56 Å². The Morgan fingerprint density at radius 1 is 1.50 bits per heavy atom. The Morgan fingerprint density at radius 3 is 2.44 bits per heavy atom. The van der Waals surface area contributed by atoms with E-state index in [4.69, 9.17) is 14.0 Å². The molecule has 5 nitrogen and oxygen atoms in total. The number of rotatable bonds is 2. The molecule has 0 aliphatic carbocycles. The summed E-state index contributed by atoms with van der Waals surface area (Å²) in [6.07, 6.45) is 0. The van der Waals surface area contributed by atoms with Gasteiger partial charge in [-0.05, 0) is 12.1 Å². The molecule has 88 valence electrons. The second kappa shape index (κ2) is 7.70. The van der Waals surface area contributed by atoms with Crippen molar-refractivity contribution in [2.45, 2.75) is 6.61 Å². The molecule has 0 aliphatic heterocycles. The van der Waals surface area contributed by atoms with E-state index >= 15 is 0 Å². The fourth-order valence-corrected chi connectivity index (χ4v) is 0.758. The van der Waals surface area contributed by atoms with Gasteiger partial charge in [0.25, 0.3) is 0 Å². The molecule has 0 aromatic heterocycles. The molecule has 0 bridgehead atoms. The smallest absolute Gasteiger partial charge is 0.387 e. The number of hydrogen-bond donors (Lipinski definition) is 1. The van der Waals surface area contributed by atoms with Gasteiger partial charge in [0, 0.05) is 11.3 Å². The third-order valence-electron chi connectivity index (χ3n) is 1.22. The number of nitrogens with two attached hydrogens (primary N) is 1. The number of halogens is 2. The van der Waals surface area contributed by atoms with Gasteiger partial charge in [-0.15, -0.1) is 0 Å². The topological polar surface area (TPSA) is 99.2 Å². The number of nitrogens with zero attached hydrogens (tertiary/aromatic N) is 1. The van der Waals surface area contributed by atoms with Gasteiger partial charge in [-0.2, -0.15) is 14.0 Å². The van der Waals surface area contributed by atoms with Crippen LogP contribution in [0.1, 0.15) is 5.56 Å². The molecule has 16 heavy (non-hydrogen) atoms. The summed E-state index contributed by atoms with van der Waals surface area (Å²) in [5.41, 5.74) is 0.109. The summed E-state index contributed by atoms with van der Waals surface area (Å²) < 4.78 is 45.0. The fourth-order valence-electron chi connectivity index (χ4n) is 0.758. The van der Waals surface area contributed by atoms with Crippen molar-refractivity contribution >= 4 is 11.3 Å². The molecule has 0 aliphatic rings. The number of para-hydroxylation sites is 1. The van der Waals surface area contributed by atoms with Crippen molar-refractivity contribution in [1.29, 1.82) is 5.26 Å². The molecule has 1 aromatic carbocycles. The van der Waals surface area contributed by atoms with E-state index in [1.165, 1.54) is 18.2 Å². The Bertz CT molecular complexity index is 391. The van der Waals surface area contributed by atoms with Gasteiger partial charge in [-0.1, -0.05) is 12.1 Å². The second-order valence-corrected chi connectivity index (χ2v) is 2.77. The number of ether oxygens (including phenoxy) is 1. The Morgan fingerprint density at radius 2 is 2.00 bits per heavy atom. The van der Waals surface area contributed by atoms with Crippen molar-refractivity contribution in [2.24, 2.45) is 5.14 Å². The molecule has 0 saturated heterocycles. The number of hydrogen-bond acceptors (Lipinski definition) is 4. The van der Waals surface area contributed by atoms with E-state index in [9.17, 15) is 8.78 Å². The number of benzene rings is 1. The molecule has 8 heteroatoms. The molecule has 1 unspecified atom stereocenters. The van der Waals surface area contributed by atoms with E-state index in [2.05, 4.69) is 9.88 Å². The van der Waals surface area contributed by atoms with Crippen molar-refractivity contribution < 1.29 is 22.3 Å². The lowest BCUT2D eigenvalue weighted by Crippen LogP contribution is -2.03. The lowest BCUT2D eigenvalue weighted by molar-refractivity contribution is -0.0500. The summed E-state index contributed by atoms with van der Waals surface area (Å²) in [7, 11) is 0.